The Morgan fingerprint density at radius 2 is 2.14 bits per heavy atom. The molecule has 1 aliphatic heterocycles. The third-order valence-corrected chi connectivity index (χ3v) is 5.98. The molecule has 3 rings (SSSR count). The summed E-state index contributed by atoms with van der Waals surface area (Å²) in [7, 11) is 3.09. The number of nitrogens with one attached hydrogen (secondary N) is 3. The first kappa shape index (κ1) is 20.2. The van der Waals surface area contributed by atoms with Crippen LogP contribution in [0.4, 0.5) is 10.5 Å². The van der Waals surface area contributed by atoms with Crippen molar-refractivity contribution < 1.29 is 14.3 Å². The minimum absolute atomic E-state index is 0.220. The molecule has 1 atom stereocenters. The highest BCUT2D eigenvalue weighted by Crippen LogP contribution is 2.26. The van der Waals surface area contributed by atoms with Gasteiger partial charge in [0.2, 0.25) is 0 Å². The van der Waals surface area contributed by atoms with E-state index in [0.29, 0.717) is 23.5 Å². The van der Waals surface area contributed by atoms with Crippen molar-refractivity contribution in [2.24, 2.45) is 0 Å². The Balaban J connectivity index is 1.56. The number of anilines is 1. The van der Waals surface area contributed by atoms with Crippen LogP contribution in [0.2, 0.25) is 0 Å². The SMILES string of the molecule is CNC(=O)c1ccc(OC)c(NC(=O)NCC(C)N2CCc3sccc3C2)c1. The summed E-state index contributed by atoms with van der Waals surface area (Å²) in [6, 6.07) is 6.99. The topological polar surface area (TPSA) is 82.7 Å². The van der Waals surface area contributed by atoms with E-state index in [2.05, 4.69) is 39.2 Å². The molecule has 0 aliphatic carbocycles. The monoisotopic (exact) mass is 402 g/mol. The number of carbonyl (C=O) groups is 2. The molecule has 3 N–H and O–H groups in total. The Morgan fingerprint density at radius 1 is 1.32 bits per heavy atom. The number of rotatable bonds is 6. The van der Waals surface area contributed by atoms with Crippen LogP contribution < -0.4 is 20.7 Å². The molecule has 2 heterocycles. The third kappa shape index (κ3) is 4.63. The molecule has 3 amide bonds. The van der Waals surface area contributed by atoms with Crippen LogP contribution >= 0.6 is 11.3 Å². The number of methoxy groups -OCH3 is 1. The van der Waals surface area contributed by atoms with Crippen molar-refractivity contribution in [1.29, 1.82) is 0 Å². The van der Waals surface area contributed by atoms with Gasteiger partial charge in [0, 0.05) is 43.2 Å². The van der Waals surface area contributed by atoms with E-state index in [1.807, 2.05) is 11.3 Å². The molecule has 0 saturated heterocycles. The summed E-state index contributed by atoms with van der Waals surface area (Å²) in [5.74, 6) is 0.273. The van der Waals surface area contributed by atoms with Gasteiger partial charge in [-0.15, -0.1) is 11.3 Å². The van der Waals surface area contributed by atoms with Crippen LogP contribution in [0.3, 0.4) is 0 Å². The Bertz CT molecular complexity index is 852. The first-order chi connectivity index (χ1) is 13.5. The minimum atomic E-state index is -0.326. The zero-order chi connectivity index (χ0) is 20.1. The van der Waals surface area contributed by atoms with Gasteiger partial charge in [0.25, 0.3) is 5.91 Å². The number of urea groups is 1. The fraction of sp³-hybridized carbons (Fsp3) is 0.400. The molecule has 1 unspecified atom stereocenters. The average molecular weight is 403 g/mol. The molecule has 7 nitrogen and oxygen atoms in total. The van der Waals surface area contributed by atoms with Gasteiger partial charge in [-0.1, -0.05) is 0 Å². The number of amides is 3. The van der Waals surface area contributed by atoms with Crippen LogP contribution in [-0.2, 0) is 13.0 Å². The number of benzene rings is 1. The number of thiophene rings is 1. The highest BCUT2D eigenvalue weighted by atomic mass is 32.1. The predicted octanol–water partition coefficient (Wildman–Crippen LogP) is 2.68. The molecule has 8 heteroatoms. The lowest BCUT2D eigenvalue weighted by atomic mass is 10.1. The Labute approximate surface area is 169 Å². The largest absolute Gasteiger partial charge is 0.495 e. The van der Waals surface area contributed by atoms with Gasteiger partial charge in [-0.2, -0.15) is 0 Å². The van der Waals surface area contributed by atoms with Crippen molar-refractivity contribution in [2.45, 2.75) is 25.9 Å². The third-order valence-electron chi connectivity index (χ3n) is 4.96. The molecule has 0 spiro atoms. The molecule has 0 radical (unpaired) electrons. The van der Waals surface area contributed by atoms with Crippen molar-refractivity contribution in [2.75, 3.05) is 32.6 Å². The molecule has 1 aromatic carbocycles. The van der Waals surface area contributed by atoms with Gasteiger partial charge in [-0.05, 0) is 48.6 Å². The van der Waals surface area contributed by atoms with Crippen LogP contribution in [0.5, 0.6) is 5.75 Å². The second kappa shape index (κ2) is 9.07. The maximum atomic E-state index is 12.4. The van der Waals surface area contributed by atoms with Crippen LogP contribution in [0.25, 0.3) is 0 Å². The van der Waals surface area contributed by atoms with Gasteiger partial charge in [-0.25, -0.2) is 4.79 Å². The fourth-order valence-corrected chi connectivity index (χ4v) is 4.16. The zero-order valence-electron chi connectivity index (χ0n) is 16.4. The lowest BCUT2D eigenvalue weighted by Gasteiger charge is -2.32. The summed E-state index contributed by atoms with van der Waals surface area (Å²) < 4.78 is 5.28. The van der Waals surface area contributed by atoms with E-state index < -0.39 is 0 Å². The van der Waals surface area contributed by atoms with Gasteiger partial charge < -0.3 is 20.7 Å². The van der Waals surface area contributed by atoms with E-state index in [4.69, 9.17) is 4.74 Å². The Hall–Kier alpha value is -2.58. The van der Waals surface area contributed by atoms with Crippen LogP contribution in [0.15, 0.2) is 29.6 Å². The second-order valence-electron chi connectivity index (χ2n) is 6.77. The van der Waals surface area contributed by atoms with Gasteiger partial charge in [-0.3, -0.25) is 9.69 Å². The summed E-state index contributed by atoms with van der Waals surface area (Å²) >= 11 is 1.82. The number of fused-ring (bicyclic) bond motifs is 1. The van der Waals surface area contributed by atoms with Crippen LogP contribution in [0, 0.1) is 0 Å². The molecular weight excluding hydrogens is 376 g/mol. The highest BCUT2D eigenvalue weighted by Gasteiger charge is 2.22. The number of hydrogen-bond donors (Lipinski definition) is 3. The lowest BCUT2D eigenvalue weighted by Crippen LogP contribution is -2.45. The van der Waals surface area contributed by atoms with E-state index >= 15 is 0 Å². The van der Waals surface area contributed by atoms with E-state index in [1.54, 1.807) is 25.2 Å². The maximum Gasteiger partial charge on any atom is 0.319 e. The first-order valence-electron chi connectivity index (χ1n) is 9.26. The zero-order valence-corrected chi connectivity index (χ0v) is 17.2. The minimum Gasteiger partial charge on any atom is -0.495 e. The van der Waals surface area contributed by atoms with Gasteiger partial charge in [0.05, 0.1) is 12.8 Å². The molecule has 0 bridgehead atoms. The Kier molecular flexibility index (Phi) is 6.53. The summed E-state index contributed by atoms with van der Waals surface area (Å²) in [4.78, 5) is 28.1. The number of ether oxygens (including phenoxy) is 1. The molecule has 28 heavy (non-hydrogen) atoms. The Morgan fingerprint density at radius 3 is 2.89 bits per heavy atom. The standard InChI is InChI=1S/C20H26N4O3S/c1-13(24-8-6-18-15(12-24)7-9-28-18)11-22-20(26)23-16-10-14(19(25)21-2)4-5-17(16)27-3/h4-5,7,9-10,13H,6,8,11-12H2,1-3H3,(H,21,25)(H2,22,23,26). The first-order valence-corrected chi connectivity index (χ1v) is 10.1. The van der Waals surface area contributed by atoms with E-state index in [0.717, 1.165) is 19.5 Å². The summed E-state index contributed by atoms with van der Waals surface area (Å²) in [5.41, 5.74) is 2.30. The molecule has 0 fully saturated rings. The average Bonchev–Trinajstić information content (AvgIpc) is 3.19. The molecular formula is C20H26N4O3S. The number of nitrogens with zero attached hydrogens (tertiary/aromatic N) is 1. The van der Waals surface area contributed by atoms with Crippen molar-refractivity contribution in [3.63, 3.8) is 0 Å². The second-order valence-corrected chi connectivity index (χ2v) is 7.77. The van der Waals surface area contributed by atoms with Crippen LogP contribution in [-0.4, -0.2) is 50.1 Å². The summed E-state index contributed by atoms with van der Waals surface area (Å²) in [6.07, 6.45) is 1.06. The summed E-state index contributed by atoms with van der Waals surface area (Å²) in [5, 5.41) is 10.4. The van der Waals surface area contributed by atoms with Crippen molar-refractivity contribution in [3.8, 4) is 5.75 Å². The predicted molar refractivity (Wildman–Crippen MR) is 111 cm³/mol. The molecule has 150 valence electrons. The van der Waals surface area contributed by atoms with Crippen molar-refractivity contribution in [3.05, 3.63) is 45.6 Å². The van der Waals surface area contributed by atoms with E-state index in [9.17, 15) is 9.59 Å². The molecule has 2 aromatic rings. The van der Waals surface area contributed by atoms with Gasteiger partial charge >= 0.3 is 6.03 Å². The van der Waals surface area contributed by atoms with Crippen molar-refractivity contribution >= 4 is 29.0 Å². The molecule has 0 saturated carbocycles. The highest BCUT2D eigenvalue weighted by molar-refractivity contribution is 7.10. The molecule has 1 aromatic heterocycles. The molecule has 1 aliphatic rings. The maximum absolute atomic E-state index is 12.4. The van der Waals surface area contributed by atoms with Crippen LogP contribution in [0.1, 0.15) is 27.7 Å². The van der Waals surface area contributed by atoms with Gasteiger partial charge in [0.1, 0.15) is 5.75 Å². The van der Waals surface area contributed by atoms with E-state index in [1.165, 1.54) is 17.6 Å². The summed E-state index contributed by atoms with van der Waals surface area (Å²) in [6.45, 7) is 4.57. The quantitative estimate of drug-likeness (QED) is 0.694. The fourth-order valence-electron chi connectivity index (χ4n) is 3.27. The van der Waals surface area contributed by atoms with Crippen molar-refractivity contribution in [1.82, 2.24) is 15.5 Å². The number of hydrogen-bond acceptors (Lipinski definition) is 5. The lowest BCUT2D eigenvalue weighted by molar-refractivity contribution is 0.0963. The number of carbonyl (C=O) groups excluding carboxylic acids is 2. The normalized spacial score (nSPS) is 14.7. The smallest absolute Gasteiger partial charge is 0.319 e. The van der Waals surface area contributed by atoms with Gasteiger partial charge in [0.15, 0.2) is 0 Å². The van der Waals surface area contributed by atoms with E-state index in [-0.39, 0.29) is 18.0 Å².